The number of hydrogen-bond acceptors (Lipinski definition) is 1. The quantitative estimate of drug-likeness (QED) is 0.617. The number of benzene rings is 2. The topological polar surface area (TPSA) is 12.0 Å². The molecule has 2 aromatic rings. The van der Waals surface area contributed by atoms with Crippen LogP contribution in [0.15, 0.2) is 45.3 Å². The van der Waals surface area contributed by atoms with Crippen molar-refractivity contribution in [1.82, 2.24) is 5.32 Å². The van der Waals surface area contributed by atoms with Crippen LogP contribution in [0, 0.1) is 5.82 Å². The summed E-state index contributed by atoms with van der Waals surface area (Å²) in [6.45, 7) is 2.89. The van der Waals surface area contributed by atoms with Gasteiger partial charge in [0.25, 0.3) is 0 Å². The van der Waals surface area contributed by atoms with E-state index in [4.69, 9.17) is 11.6 Å². The van der Waals surface area contributed by atoms with Crippen LogP contribution in [0.1, 0.15) is 24.1 Å². The predicted molar refractivity (Wildman–Crippen MR) is 93.4 cm³/mol. The lowest BCUT2D eigenvalue weighted by Gasteiger charge is -2.20. The van der Waals surface area contributed by atoms with Gasteiger partial charge in [0.15, 0.2) is 0 Å². The SMILES string of the molecule is CCNC(Cc1ccc(Cl)c(F)c1)c1cc(Br)ccc1Br. The van der Waals surface area contributed by atoms with Crippen molar-refractivity contribution in [2.24, 2.45) is 0 Å². The van der Waals surface area contributed by atoms with Crippen LogP contribution in [-0.2, 0) is 6.42 Å². The Bertz CT molecular complexity index is 634. The molecule has 0 saturated heterocycles. The number of rotatable bonds is 5. The molecule has 21 heavy (non-hydrogen) atoms. The van der Waals surface area contributed by atoms with E-state index in [9.17, 15) is 4.39 Å². The van der Waals surface area contributed by atoms with Gasteiger partial charge in [0.1, 0.15) is 5.82 Å². The van der Waals surface area contributed by atoms with Crippen molar-refractivity contribution >= 4 is 43.5 Å². The molecule has 0 bridgehead atoms. The number of likely N-dealkylation sites (N-methyl/N-ethyl adjacent to an activating group) is 1. The molecule has 0 radical (unpaired) electrons. The van der Waals surface area contributed by atoms with Gasteiger partial charge in [0.2, 0.25) is 0 Å². The van der Waals surface area contributed by atoms with E-state index in [1.54, 1.807) is 6.07 Å². The molecule has 1 atom stereocenters. The van der Waals surface area contributed by atoms with E-state index in [-0.39, 0.29) is 16.9 Å². The summed E-state index contributed by atoms with van der Waals surface area (Å²) in [7, 11) is 0. The summed E-state index contributed by atoms with van der Waals surface area (Å²) in [6.07, 6.45) is 0.691. The third kappa shape index (κ3) is 4.52. The summed E-state index contributed by atoms with van der Waals surface area (Å²) in [6, 6.07) is 11.1. The molecule has 0 aromatic heterocycles. The summed E-state index contributed by atoms with van der Waals surface area (Å²) in [5.41, 5.74) is 2.05. The Labute approximate surface area is 146 Å². The maximum atomic E-state index is 13.6. The van der Waals surface area contributed by atoms with Crippen LogP contribution in [0.25, 0.3) is 0 Å². The van der Waals surface area contributed by atoms with Crippen molar-refractivity contribution in [3.05, 3.63) is 67.3 Å². The zero-order chi connectivity index (χ0) is 15.4. The largest absolute Gasteiger partial charge is 0.310 e. The van der Waals surface area contributed by atoms with Crippen LogP contribution in [0.3, 0.4) is 0 Å². The van der Waals surface area contributed by atoms with Gasteiger partial charge in [-0.05, 0) is 54.4 Å². The van der Waals surface area contributed by atoms with Crippen molar-refractivity contribution < 1.29 is 4.39 Å². The minimum Gasteiger partial charge on any atom is -0.310 e. The molecule has 1 nitrogen and oxygen atoms in total. The minimum absolute atomic E-state index is 0.0995. The first-order chi connectivity index (χ1) is 10.0. The van der Waals surface area contributed by atoms with Crippen molar-refractivity contribution in [2.75, 3.05) is 6.54 Å². The molecule has 1 N–H and O–H groups in total. The highest BCUT2D eigenvalue weighted by atomic mass is 79.9. The zero-order valence-electron chi connectivity index (χ0n) is 11.5. The van der Waals surface area contributed by atoms with Gasteiger partial charge in [-0.1, -0.05) is 56.5 Å². The lowest BCUT2D eigenvalue weighted by molar-refractivity contribution is 0.544. The van der Waals surface area contributed by atoms with Gasteiger partial charge in [0.05, 0.1) is 5.02 Å². The number of nitrogens with one attached hydrogen (secondary N) is 1. The molecule has 2 aromatic carbocycles. The number of hydrogen-bond donors (Lipinski definition) is 1. The average molecular weight is 436 g/mol. The molecule has 1 unspecified atom stereocenters. The molecular formula is C16H15Br2ClFN. The van der Waals surface area contributed by atoms with E-state index in [1.807, 2.05) is 18.2 Å². The molecule has 0 saturated carbocycles. The van der Waals surface area contributed by atoms with Crippen LogP contribution >= 0.6 is 43.5 Å². The molecular weight excluding hydrogens is 420 g/mol. The smallest absolute Gasteiger partial charge is 0.142 e. The maximum Gasteiger partial charge on any atom is 0.142 e. The number of halogens is 4. The van der Waals surface area contributed by atoms with E-state index >= 15 is 0 Å². The second-order valence-electron chi connectivity index (χ2n) is 4.73. The first-order valence-corrected chi connectivity index (χ1v) is 8.60. The highest BCUT2D eigenvalue weighted by molar-refractivity contribution is 9.11. The fourth-order valence-electron chi connectivity index (χ4n) is 2.22. The lowest BCUT2D eigenvalue weighted by atomic mass is 9.99. The molecule has 0 fully saturated rings. The van der Waals surface area contributed by atoms with Crippen LogP contribution in [0.2, 0.25) is 5.02 Å². The first kappa shape index (κ1) is 16.9. The lowest BCUT2D eigenvalue weighted by Crippen LogP contribution is -2.23. The van der Waals surface area contributed by atoms with Gasteiger partial charge in [-0.3, -0.25) is 0 Å². The van der Waals surface area contributed by atoms with Crippen LogP contribution in [0.4, 0.5) is 4.39 Å². The predicted octanol–water partition coefficient (Wildman–Crippen LogP) is 5.90. The summed E-state index contributed by atoms with van der Waals surface area (Å²) in [5.74, 6) is -0.377. The van der Waals surface area contributed by atoms with Crippen LogP contribution in [-0.4, -0.2) is 6.54 Å². The van der Waals surface area contributed by atoms with E-state index in [1.165, 1.54) is 6.07 Å². The summed E-state index contributed by atoms with van der Waals surface area (Å²) in [4.78, 5) is 0. The standard InChI is InChI=1S/C16H15Br2ClFN/c1-2-21-16(12-9-11(17)4-5-13(12)18)8-10-3-6-14(19)15(20)7-10/h3-7,9,16,21H,2,8H2,1H3. The fourth-order valence-corrected chi connectivity index (χ4v) is 3.24. The molecule has 0 amide bonds. The Kier molecular flexibility index (Phi) is 6.23. The van der Waals surface area contributed by atoms with E-state index in [0.717, 1.165) is 26.6 Å². The van der Waals surface area contributed by atoms with Crippen molar-refractivity contribution in [1.29, 1.82) is 0 Å². The zero-order valence-corrected chi connectivity index (χ0v) is 15.4. The monoisotopic (exact) mass is 433 g/mol. The molecule has 2 rings (SSSR count). The maximum absolute atomic E-state index is 13.6. The second kappa shape index (κ2) is 7.73. The highest BCUT2D eigenvalue weighted by Crippen LogP contribution is 2.29. The highest BCUT2D eigenvalue weighted by Gasteiger charge is 2.15. The Hall–Kier alpha value is -0.420. The van der Waals surface area contributed by atoms with E-state index < -0.39 is 0 Å². The Morgan fingerprint density at radius 1 is 1.19 bits per heavy atom. The Balaban J connectivity index is 2.30. The first-order valence-electron chi connectivity index (χ1n) is 6.63. The van der Waals surface area contributed by atoms with Gasteiger partial charge in [0, 0.05) is 15.0 Å². The van der Waals surface area contributed by atoms with Gasteiger partial charge >= 0.3 is 0 Å². The molecule has 0 aliphatic heterocycles. The van der Waals surface area contributed by atoms with Gasteiger partial charge < -0.3 is 5.32 Å². The fraction of sp³-hybridized carbons (Fsp3) is 0.250. The molecule has 0 spiro atoms. The molecule has 112 valence electrons. The van der Waals surface area contributed by atoms with Crippen molar-refractivity contribution in [2.45, 2.75) is 19.4 Å². The Morgan fingerprint density at radius 3 is 2.62 bits per heavy atom. The minimum atomic E-state index is -0.377. The summed E-state index contributed by atoms with van der Waals surface area (Å²) >= 11 is 12.8. The summed E-state index contributed by atoms with van der Waals surface area (Å²) < 4.78 is 15.6. The van der Waals surface area contributed by atoms with Crippen LogP contribution in [0.5, 0.6) is 0 Å². The van der Waals surface area contributed by atoms with Crippen LogP contribution < -0.4 is 5.32 Å². The molecule has 0 heterocycles. The van der Waals surface area contributed by atoms with Crippen molar-refractivity contribution in [3.8, 4) is 0 Å². The van der Waals surface area contributed by atoms with E-state index in [0.29, 0.717) is 6.42 Å². The molecule has 5 heteroatoms. The second-order valence-corrected chi connectivity index (χ2v) is 6.91. The summed E-state index contributed by atoms with van der Waals surface area (Å²) in [5, 5.41) is 3.60. The van der Waals surface area contributed by atoms with Gasteiger partial charge in [-0.15, -0.1) is 0 Å². The van der Waals surface area contributed by atoms with Gasteiger partial charge in [-0.25, -0.2) is 4.39 Å². The van der Waals surface area contributed by atoms with E-state index in [2.05, 4.69) is 50.2 Å². The Morgan fingerprint density at radius 2 is 1.95 bits per heavy atom. The van der Waals surface area contributed by atoms with Gasteiger partial charge in [-0.2, -0.15) is 0 Å². The van der Waals surface area contributed by atoms with Crippen molar-refractivity contribution in [3.63, 3.8) is 0 Å². The average Bonchev–Trinajstić information content (AvgIpc) is 2.45. The normalized spacial score (nSPS) is 12.4. The molecule has 0 aliphatic carbocycles. The third-order valence-corrected chi connectivity index (χ3v) is 4.73. The third-order valence-electron chi connectivity index (χ3n) is 3.21. The molecule has 0 aliphatic rings.